The van der Waals surface area contributed by atoms with Crippen molar-refractivity contribution in [3.63, 3.8) is 0 Å². The van der Waals surface area contributed by atoms with E-state index in [-0.39, 0.29) is 18.4 Å². The van der Waals surface area contributed by atoms with Gasteiger partial charge in [-0.15, -0.1) is 0 Å². The summed E-state index contributed by atoms with van der Waals surface area (Å²) >= 11 is 0. The van der Waals surface area contributed by atoms with Crippen LogP contribution in [0.5, 0.6) is 0 Å². The number of nitrogens with two attached hydrogens (primary N) is 1. The number of amides is 1. The summed E-state index contributed by atoms with van der Waals surface area (Å²) in [6.45, 7) is 5.48. The Hall–Kier alpha value is -1.14. The third-order valence-corrected chi connectivity index (χ3v) is 4.25. The van der Waals surface area contributed by atoms with Crippen molar-refractivity contribution in [2.45, 2.75) is 38.3 Å². The molecule has 2 heterocycles. The molecule has 0 saturated carbocycles. The second-order valence-electron chi connectivity index (χ2n) is 6.14. The van der Waals surface area contributed by atoms with E-state index in [4.69, 9.17) is 5.73 Å². The molecule has 4 N–H and O–H groups in total. The fourth-order valence-corrected chi connectivity index (χ4v) is 3.25. The van der Waals surface area contributed by atoms with Gasteiger partial charge in [0.05, 0.1) is 6.04 Å². The van der Waals surface area contributed by atoms with Gasteiger partial charge in [-0.25, -0.2) is 0 Å². The number of fused-ring (bicyclic) bond motifs is 1. The van der Waals surface area contributed by atoms with E-state index in [1.807, 2.05) is 13.8 Å². The largest absolute Gasteiger partial charge is 0.480 e. The fourth-order valence-electron chi connectivity index (χ4n) is 3.25. The van der Waals surface area contributed by atoms with Gasteiger partial charge in [-0.3, -0.25) is 9.59 Å². The minimum Gasteiger partial charge on any atom is -0.480 e. The van der Waals surface area contributed by atoms with Crippen LogP contribution in [0.4, 0.5) is 0 Å². The first-order valence-corrected chi connectivity index (χ1v) is 6.89. The van der Waals surface area contributed by atoms with Gasteiger partial charge in [-0.05, 0) is 25.3 Å². The van der Waals surface area contributed by atoms with Crippen molar-refractivity contribution in [1.29, 1.82) is 0 Å². The molecular formula is C13H23N3O3. The quantitative estimate of drug-likeness (QED) is 0.647. The van der Waals surface area contributed by atoms with Crippen molar-refractivity contribution in [3.05, 3.63) is 0 Å². The van der Waals surface area contributed by atoms with Crippen LogP contribution < -0.4 is 11.1 Å². The summed E-state index contributed by atoms with van der Waals surface area (Å²) in [4.78, 5) is 25.4. The zero-order valence-electron chi connectivity index (χ0n) is 11.6. The molecule has 0 bridgehead atoms. The van der Waals surface area contributed by atoms with E-state index in [0.717, 1.165) is 6.42 Å². The molecule has 0 aromatic heterocycles. The van der Waals surface area contributed by atoms with Crippen LogP contribution in [0, 0.1) is 11.8 Å². The predicted molar refractivity (Wildman–Crippen MR) is 70.5 cm³/mol. The molecule has 0 radical (unpaired) electrons. The molecule has 1 unspecified atom stereocenters. The Morgan fingerprint density at radius 3 is 2.74 bits per heavy atom. The summed E-state index contributed by atoms with van der Waals surface area (Å²) in [7, 11) is 0. The van der Waals surface area contributed by atoms with E-state index in [9.17, 15) is 14.7 Å². The Labute approximate surface area is 113 Å². The monoisotopic (exact) mass is 269 g/mol. The van der Waals surface area contributed by atoms with Gasteiger partial charge in [0.25, 0.3) is 0 Å². The van der Waals surface area contributed by atoms with Gasteiger partial charge in [-0.1, -0.05) is 13.8 Å². The van der Waals surface area contributed by atoms with Crippen molar-refractivity contribution in [2.75, 3.05) is 19.6 Å². The van der Waals surface area contributed by atoms with Gasteiger partial charge >= 0.3 is 5.97 Å². The molecule has 0 aromatic carbocycles. The van der Waals surface area contributed by atoms with Crippen molar-refractivity contribution in [1.82, 2.24) is 10.2 Å². The highest BCUT2D eigenvalue weighted by atomic mass is 16.4. The highest BCUT2D eigenvalue weighted by Crippen LogP contribution is 2.35. The Morgan fingerprint density at radius 2 is 2.21 bits per heavy atom. The van der Waals surface area contributed by atoms with Crippen molar-refractivity contribution < 1.29 is 14.7 Å². The van der Waals surface area contributed by atoms with Gasteiger partial charge in [0, 0.05) is 19.0 Å². The number of carbonyl (C=O) groups excluding carboxylic acids is 1. The molecule has 2 fully saturated rings. The number of aliphatic carboxylic acids is 1. The lowest BCUT2D eigenvalue weighted by Crippen LogP contribution is -2.54. The topological polar surface area (TPSA) is 95.7 Å². The molecule has 6 heteroatoms. The Morgan fingerprint density at radius 1 is 1.53 bits per heavy atom. The number of carbonyl (C=O) groups is 2. The average Bonchev–Trinajstić information content (AvgIpc) is 2.83. The molecule has 2 rings (SSSR count). The maximum absolute atomic E-state index is 12.3. The van der Waals surface area contributed by atoms with Crippen LogP contribution in [0.2, 0.25) is 0 Å². The maximum atomic E-state index is 12.3. The lowest BCUT2D eigenvalue weighted by molar-refractivity contribution is -0.145. The summed E-state index contributed by atoms with van der Waals surface area (Å²) in [5.74, 6) is -0.624. The van der Waals surface area contributed by atoms with Gasteiger partial charge in [0.15, 0.2) is 0 Å². The minimum absolute atomic E-state index is 0.000185. The number of likely N-dealkylation sites (tertiary alicyclic amines) is 1. The number of rotatable bonds is 4. The first-order chi connectivity index (χ1) is 8.86. The number of carboxylic acids is 1. The number of nitrogens with one attached hydrogen (secondary N) is 1. The van der Waals surface area contributed by atoms with Crippen molar-refractivity contribution in [3.8, 4) is 0 Å². The molecule has 2 aliphatic rings. The molecule has 6 nitrogen and oxygen atoms in total. The first kappa shape index (κ1) is 14.3. The number of carboxylic acid groups (broad SMARTS) is 1. The van der Waals surface area contributed by atoms with Gasteiger partial charge < -0.3 is 21.1 Å². The molecule has 1 amide bonds. The normalized spacial score (nSPS) is 31.6. The van der Waals surface area contributed by atoms with E-state index >= 15 is 0 Å². The summed E-state index contributed by atoms with van der Waals surface area (Å²) in [6.07, 6.45) is 1.43. The lowest BCUT2D eigenvalue weighted by Gasteiger charge is -2.25. The van der Waals surface area contributed by atoms with E-state index in [2.05, 4.69) is 5.32 Å². The molecule has 0 spiro atoms. The Balaban J connectivity index is 2.05. The Kier molecular flexibility index (Phi) is 3.82. The molecular weight excluding hydrogens is 246 g/mol. The van der Waals surface area contributed by atoms with Crippen LogP contribution in [0.25, 0.3) is 0 Å². The first-order valence-electron chi connectivity index (χ1n) is 6.89. The smallest absolute Gasteiger partial charge is 0.326 e. The van der Waals surface area contributed by atoms with Gasteiger partial charge in [0.2, 0.25) is 5.91 Å². The van der Waals surface area contributed by atoms with Crippen LogP contribution in [0.15, 0.2) is 0 Å². The summed E-state index contributed by atoms with van der Waals surface area (Å²) in [5, 5.41) is 12.5. The highest BCUT2D eigenvalue weighted by molar-refractivity contribution is 5.86. The average molecular weight is 269 g/mol. The van der Waals surface area contributed by atoms with Crippen LogP contribution >= 0.6 is 0 Å². The van der Waals surface area contributed by atoms with Crippen molar-refractivity contribution in [2.24, 2.45) is 17.6 Å². The van der Waals surface area contributed by atoms with Gasteiger partial charge in [0.1, 0.15) is 5.54 Å². The predicted octanol–water partition coefficient (Wildman–Crippen LogP) is -0.365. The standard InChI is InChI=1S/C13H23N3O3/c1-8(2)5-10(14)11(17)16-6-9-3-4-15-13(9,7-16)12(18)19/h8-10,15H,3-7,14H2,1-2H3,(H,18,19)/t9?,10-,13-/m0/s1. The molecule has 0 aliphatic carbocycles. The summed E-state index contributed by atoms with van der Waals surface area (Å²) < 4.78 is 0. The SMILES string of the molecule is CC(C)C[C@H](N)C(=O)N1CC2CCN[C@@]2(C(=O)O)C1. The lowest BCUT2D eigenvalue weighted by atomic mass is 9.89. The second-order valence-corrected chi connectivity index (χ2v) is 6.14. The number of nitrogens with zero attached hydrogens (tertiary/aromatic N) is 1. The third kappa shape index (κ3) is 2.47. The van der Waals surface area contributed by atoms with E-state index in [1.165, 1.54) is 0 Å². The third-order valence-electron chi connectivity index (χ3n) is 4.25. The molecule has 2 aliphatic heterocycles. The zero-order chi connectivity index (χ0) is 14.2. The zero-order valence-corrected chi connectivity index (χ0v) is 11.6. The van der Waals surface area contributed by atoms with Crippen LogP contribution in [0.1, 0.15) is 26.7 Å². The van der Waals surface area contributed by atoms with Crippen LogP contribution in [-0.2, 0) is 9.59 Å². The maximum Gasteiger partial charge on any atom is 0.326 e. The minimum atomic E-state index is -0.951. The number of hydrogen-bond donors (Lipinski definition) is 3. The highest BCUT2D eigenvalue weighted by Gasteiger charge is 2.56. The summed E-state index contributed by atoms with van der Waals surface area (Å²) in [5.41, 5.74) is 4.96. The molecule has 0 aromatic rings. The molecule has 19 heavy (non-hydrogen) atoms. The van der Waals surface area contributed by atoms with Crippen LogP contribution in [-0.4, -0.2) is 53.1 Å². The Bertz CT molecular complexity index is 385. The van der Waals surface area contributed by atoms with E-state index in [1.54, 1.807) is 4.90 Å². The molecule has 108 valence electrons. The fraction of sp³-hybridized carbons (Fsp3) is 0.846. The van der Waals surface area contributed by atoms with E-state index < -0.39 is 17.6 Å². The van der Waals surface area contributed by atoms with E-state index in [0.29, 0.717) is 25.4 Å². The molecule has 2 saturated heterocycles. The molecule has 3 atom stereocenters. The number of hydrogen-bond acceptors (Lipinski definition) is 4. The van der Waals surface area contributed by atoms with Crippen molar-refractivity contribution >= 4 is 11.9 Å². The van der Waals surface area contributed by atoms with Crippen LogP contribution in [0.3, 0.4) is 0 Å². The van der Waals surface area contributed by atoms with Gasteiger partial charge in [-0.2, -0.15) is 0 Å². The summed E-state index contributed by atoms with van der Waals surface area (Å²) in [6, 6.07) is -0.523. The second kappa shape index (κ2) is 5.09.